The Morgan fingerprint density at radius 2 is 1.67 bits per heavy atom. The van der Waals surface area contributed by atoms with Crippen molar-refractivity contribution in [3.05, 3.63) is 82.6 Å². The van der Waals surface area contributed by atoms with Crippen molar-refractivity contribution in [2.24, 2.45) is 0 Å². The molecule has 1 N–H and O–H groups in total. The molecule has 30 heavy (non-hydrogen) atoms. The zero-order valence-electron chi connectivity index (χ0n) is 16.4. The third-order valence-corrected chi connectivity index (χ3v) is 5.26. The number of benzene rings is 2. The van der Waals surface area contributed by atoms with E-state index >= 15 is 0 Å². The van der Waals surface area contributed by atoms with E-state index < -0.39 is 12.0 Å². The van der Waals surface area contributed by atoms with Crippen LogP contribution in [-0.2, 0) is 9.53 Å². The fraction of sp³-hybridized carbons (Fsp3) is 0.174. The van der Waals surface area contributed by atoms with E-state index in [1.807, 2.05) is 6.07 Å². The molecule has 0 saturated heterocycles. The van der Waals surface area contributed by atoms with Gasteiger partial charge in [0.25, 0.3) is 0 Å². The number of hydrogen-bond acceptors (Lipinski definition) is 7. The van der Waals surface area contributed by atoms with Gasteiger partial charge in [-0.15, -0.1) is 11.3 Å². The lowest BCUT2D eigenvalue weighted by atomic mass is 10.0. The Morgan fingerprint density at radius 3 is 2.37 bits per heavy atom. The Hall–Kier alpha value is -3.45. The zero-order valence-corrected chi connectivity index (χ0v) is 17.2. The van der Waals surface area contributed by atoms with Gasteiger partial charge in [-0.2, -0.15) is 0 Å². The van der Waals surface area contributed by atoms with Crippen LogP contribution < -0.4 is 10.1 Å². The molecule has 0 saturated carbocycles. The highest BCUT2D eigenvalue weighted by Gasteiger charge is 2.26. The summed E-state index contributed by atoms with van der Waals surface area (Å²) in [6, 6.07) is 18.2. The van der Waals surface area contributed by atoms with E-state index in [0.717, 1.165) is 0 Å². The third kappa shape index (κ3) is 5.55. The molecule has 0 bridgehead atoms. The number of methoxy groups -OCH3 is 1. The molecule has 0 aliphatic carbocycles. The van der Waals surface area contributed by atoms with Gasteiger partial charge < -0.3 is 14.8 Å². The number of anilines is 1. The van der Waals surface area contributed by atoms with Gasteiger partial charge in [0.2, 0.25) is 5.78 Å². The number of carbonyl (C=O) groups excluding carboxylic acids is 3. The first-order valence-corrected chi connectivity index (χ1v) is 10.2. The Balaban J connectivity index is 1.74. The molecule has 154 valence electrons. The van der Waals surface area contributed by atoms with Crippen LogP contribution in [0.5, 0.6) is 5.75 Å². The molecule has 7 heteroatoms. The fourth-order valence-corrected chi connectivity index (χ4v) is 3.47. The number of Topliss-reactive ketones (excluding diaryl/α,β-unsaturated/α-hetero) is 2. The quantitative estimate of drug-likeness (QED) is 0.388. The van der Waals surface area contributed by atoms with E-state index in [1.54, 1.807) is 66.0 Å². The maximum Gasteiger partial charge on any atom is 0.329 e. The molecular formula is C23H21NO5S. The van der Waals surface area contributed by atoms with Crippen molar-refractivity contribution >= 4 is 34.6 Å². The summed E-state index contributed by atoms with van der Waals surface area (Å²) in [7, 11) is 1.52. The van der Waals surface area contributed by atoms with E-state index in [9.17, 15) is 14.4 Å². The van der Waals surface area contributed by atoms with E-state index in [0.29, 0.717) is 21.9 Å². The second kappa shape index (κ2) is 10.4. The number of thiophene rings is 1. The highest BCUT2D eigenvalue weighted by Crippen LogP contribution is 2.25. The van der Waals surface area contributed by atoms with Gasteiger partial charge in [0.15, 0.2) is 12.4 Å². The molecule has 2 aromatic carbocycles. The minimum Gasteiger partial charge on any atom is -0.495 e. The molecule has 0 fully saturated rings. The number of ether oxygens (including phenoxy) is 2. The molecule has 1 heterocycles. The van der Waals surface area contributed by atoms with Gasteiger partial charge in [-0.25, -0.2) is 4.79 Å². The minimum absolute atomic E-state index is 0.131. The van der Waals surface area contributed by atoms with Crippen LogP contribution in [0.15, 0.2) is 72.1 Å². The van der Waals surface area contributed by atoms with Crippen LogP contribution in [0.3, 0.4) is 0 Å². The average molecular weight is 423 g/mol. The van der Waals surface area contributed by atoms with Crippen molar-refractivity contribution in [1.82, 2.24) is 0 Å². The SMILES string of the molecule is COc1ccccc1N[C@H](CC(=O)c1ccccc1)C(=O)OCC(=O)c1cccs1. The molecule has 0 aliphatic heterocycles. The predicted octanol–water partition coefficient (Wildman–Crippen LogP) is 4.24. The summed E-state index contributed by atoms with van der Waals surface area (Å²) in [5, 5.41) is 4.81. The monoisotopic (exact) mass is 423 g/mol. The largest absolute Gasteiger partial charge is 0.495 e. The van der Waals surface area contributed by atoms with Crippen LogP contribution in [0.25, 0.3) is 0 Å². The first kappa shape index (κ1) is 21.3. The number of carbonyl (C=O) groups is 3. The van der Waals surface area contributed by atoms with Crippen molar-refractivity contribution < 1.29 is 23.9 Å². The topological polar surface area (TPSA) is 81.7 Å². The van der Waals surface area contributed by atoms with Gasteiger partial charge in [-0.3, -0.25) is 9.59 Å². The van der Waals surface area contributed by atoms with Gasteiger partial charge in [0, 0.05) is 12.0 Å². The Bertz CT molecular complexity index is 1000. The van der Waals surface area contributed by atoms with Crippen molar-refractivity contribution in [2.45, 2.75) is 12.5 Å². The van der Waals surface area contributed by atoms with Crippen LogP contribution in [0.4, 0.5) is 5.69 Å². The second-order valence-electron chi connectivity index (χ2n) is 6.40. The van der Waals surface area contributed by atoms with Gasteiger partial charge in [0.05, 0.1) is 17.7 Å². The normalized spacial score (nSPS) is 11.4. The molecular weight excluding hydrogens is 402 g/mol. The predicted molar refractivity (Wildman–Crippen MR) is 115 cm³/mol. The molecule has 6 nitrogen and oxygen atoms in total. The van der Waals surface area contributed by atoms with Crippen molar-refractivity contribution in [2.75, 3.05) is 19.0 Å². The number of rotatable bonds is 10. The summed E-state index contributed by atoms with van der Waals surface area (Å²) in [6.45, 7) is -0.386. The molecule has 1 atom stereocenters. The summed E-state index contributed by atoms with van der Waals surface area (Å²) in [4.78, 5) is 38.1. The first-order chi connectivity index (χ1) is 14.6. The molecule has 0 amide bonds. The van der Waals surface area contributed by atoms with E-state index in [4.69, 9.17) is 9.47 Å². The fourth-order valence-electron chi connectivity index (χ4n) is 2.82. The molecule has 3 rings (SSSR count). The van der Waals surface area contributed by atoms with Crippen LogP contribution in [0.1, 0.15) is 26.5 Å². The van der Waals surface area contributed by atoms with Crippen LogP contribution in [-0.4, -0.2) is 37.3 Å². The number of hydrogen-bond donors (Lipinski definition) is 1. The van der Waals surface area contributed by atoms with Gasteiger partial charge >= 0.3 is 5.97 Å². The number of para-hydroxylation sites is 2. The van der Waals surface area contributed by atoms with Crippen LogP contribution in [0, 0.1) is 0 Å². The van der Waals surface area contributed by atoms with E-state index in [2.05, 4.69) is 5.32 Å². The zero-order chi connectivity index (χ0) is 21.3. The molecule has 0 radical (unpaired) electrons. The lowest BCUT2D eigenvalue weighted by Gasteiger charge is -2.19. The Kier molecular flexibility index (Phi) is 7.34. The number of esters is 1. The summed E-state index contributed by atoms with van der Waals surface area (Å²) >= 11 is 1.28. The maximum atomic E-state index is 12.8. The molecule has 0 unspecified atom stereocenters. The average Bonchev–Trinajstić information content (AvgIpc) is 3.32. The van der Waals surface area contributed by atoms with E-state index in [1.165, 1.54) is 18.4 Å². The molecule has 1 aromatic heterocycles. The van der Waals surface area contributed by atoms with Crippen LogP contribution >= 0.6 is 11.3 Å². The van der Waals surface area contributed by atoms with Gasteiger partial charge in [0.1, 0.15) is 11.8 Å². The number of nitrogens with one attached hydrogen (secondary N) is 1. The lowest BCUT2D eigenvalue weighted by molar-refractivity contribution is -0.143. The lowest BCUT2D eigenvalue weighted by Crippen LogP contribution is -2.35. The minimum atomic E-state index is -0.981. The summed E-state index contributed by atoms with van der Waals surface area (Å²) < 4.78 is 10.5. The summed E-state index contributed by atoms with van der Waals surface area (Å²) in [6.07, 6.45) is -0.131. The summed E-state index contributed by atoms with van der Waals surface area (Å²) in [5.74, 6) is -0.666. The van der Waals surface area contributed by atoms with E-state index in [-0.39, 0.29) is 24.6 Å². The molecule has 3 aromatic rings. The smallest absolute Gasteiger partial charge is 0.329 e. The van der Waals surface area contributed by atoms with Gasteiger partial charge in [-0.05, 0) is 23.6 Å². The van der Waals surface area contributed by atoms with Gasteiger partial charge in [-0.1, -0.05) is 48.5 Å². The Labute approximate surface area is 178 Å². The molecule has 0 spiro atoms. The first-order valence-electron chi connectivity index (χ1n) is 9.29. The second-order valence-corrected chi connectivity index (χ2v) is 7.35. The summed E-state index contributed by atoms with van der Waals surface area (Å²) in [5.41, 5.74) is 1.04. The third-order valence-electron chi connectivity index (χ3n) is 4.35. The molecule has 0 aliphatic rings. The Morgan fingerprint density at radius 1 is 0.933 bits per heavy atom. The standard InChI is InChI=1S/C23H21NO5S/c1-28-21-11-6-5-10-17(21)24-18(14-19(25)16-8-3-2-4-9-16)23(27)29-15-20(26)22-12-7-13-30-22/h2-13,18,24H,14-15H2,1H3/t18-/m1/s1. The van der Waals surface area contributed by atoms with Crippen LogP contribution in [0.2, 0.25) is 0 Å². The highest BCUT2D eigenvalue weighted by molar-refractivity contribution is 7.12. The van der Waals surface area contributed by atoms with Crippen molar-refractivity contribution in [1.29, 1.82) is 0 Å². The van der Waals surface area contributed by atoms with Crippen molar-refractivity contribution in [3.63, 3.8) is 0 Å². The highest BCUT2D eigenvalue weighted by atomic mass is 32.1. The maximum absolute atomic E-state index is 12.8. The number of ketones is 2. The van der Waals surface area contributed by atoms with Crippen molar-refractivity contribution in [3.8, 4) is 5.75 Å².